The Morgan fingerprint density at radius 3 is 2.67 bits per heavy atom. The van der Waals surface area contributed by atoms with Gasteiger partial charge in [-0.1, -0.05) is 0 Å². The van der Waals surface area contributed by atoms with Gasteiger partial charge in [0.1, 0.15) is 0 Å². The number of imidazole rings is 1. The van der Waals surface area contributed by atoms with E-state index in [2.05, 4.69) is 20.9 Å². The molecule has 1 fully saturated rings. The summed E-state index contributed by atoms with van der Waals surface area (Å²) in [5.74, 6) is 1.02. The number of hydrogen-bond acceptors (Lipinski definition) is 4. The minimum absolute atomic E-state index is 0.536. The third-order valence-electron chi connectivity index (χ3n) is 2.75. The van der Waals surface area contributed by atoms with Crippen LogP contribution in [0.2, 0.25) is 0 Å². The van der Waals surface area contributed by atoms with E-state index in [4.69, 9.17) is 5.26 Å². The molecule has 0 spiro atoms. The van der Waals surface area contributed by atoms with Crippen molar-refractivity contribution in [1.82, 2.24) is 14.5 Å². The molecule has 0 saturated carbocycles. The van der Waals surface area contributed by atoms with E-state index in [9.17, 15) is 0 Å². The molecule has 0 radical (unpaired) electrons. The molecular weight excluding hydrogens is 190 g/mol. The molecule has 0 N–H and O–H groups in total. The van der Waals surface area contributed by atoms with Crippen LogP contribution in [-0.2, 0) is 7.05 Å². The van der Waals surface area contributed by atoms with E-state index in [1.54, 1.807) is 0 Å². The summed E-state index contributed by atoms with van der Waals surface area (Å²) in [6.07, 6.45) is 3.77. The van der Waals surface area contributed by atoms with Crippen molar-refractivity contribution >= 4 is 5.95 Å². The summed E-state index contributed by atoms with van der Waals surface area (Å²) in [5, 5.41) is 8.59. The molecule has 0 aromatic carbocycles. The molecule has 1 aliphatic heterocycles. The molecule has 0 bridgehead atoms. The Balaban J connectivity index is 1.94. The molecule has 5 nitrogen and oxygen atoms in total. The lowest BCUT2D eigenvalue weighted by Gasteiger charge is -2.33. The third-order valence-corrected chi connectivity index (χ3v) is 2.75. The van der Waals surface area contributed by atoms with Gasteiger partial charge in [0, 0.05) is 45.6 Å². The summed E-state index contributed by atoms with van der Waals surface area (Å²) >= 11 is 0. The summed E-state index contributed by atoms with van der Waals surface area (Å²) in [5.41, 5.74) is 0. The summed E-state index contributed by atoms with van der Waals surface area (Å²) in [4.78, 5) is 8.74. The number of aryl methyl sites for hydroxylation is 1. The van der Waals surface area contributed by atoms with Gasteiger partial charge < -0.3 is 9.47 Å². The van der Waals surface area contributed by atoms with Crippen LogP contribution in [-0.4, -0.2) is 47.2 Å². The van der Waals surface area contributed by atoms with Gasteiger partial charge in [0.05, 0.1) is 12.6 Å². The number of rotatable bonds is 2. The van der Waals surface area contributed by atoms with Crippen molar-refractivity contribution in [3.05, 3.63) is 12.4 Å². The Labute approximate surface area is 89.5 Å². The molecule has 1 aromatic heterocycles. The molecule has 1 aliphatic rings. The van der Waals surface area contributed by atoms with E-state index in [0.29, 0.717) is 6.54 Å². The number of nitriles is 1. The van der Waals surface area contributed by atoms with Crippen LogP contribution >= 0.6 is 0 Å². The maximum Gasteiger partial charge on any atom is 0.205 e. The number of hydrogen-bond donors (Lipinski definition) is 0. The van der Waals surface area contributed by atoms with Gasteiger partial charge in [0.2, 0.25) is 5.95 Å². The van der Waals surface area contributed by atoms with Crippen LogP contribution in [0.3, 0.4) is 0 Å². The second-order valence-electron chi connectivity index (χ2n) is 3.76. The monoisotopic (exact) mass is 205 g/mol. The van der Waals surface area contributed by atoms with Crippen molar-refractivity contribution in [2.45, 2.75) is 0 Å². The van der Waals surface area contributed by atoms with Crippen molar-refractivity contribution in [2.24, 2.45) is 7.05 Å². The number of piperazine rings is 1. The predicted molar refractivity (Wildman–Crippen MR) is 57.5 cm³/mol. The summed E-state index contributed by atoms with van der Waals surface area (Å²) < 4.78 is 2.03. The molecule has 5 heteroatoms. The Morgan fingerprint density at radius 2 is 2.13 bits per heavy atom. The van der Waals surface area contributed by atoms with Crippen molar-refractivity contribution < 1.29 is 0 Å². The Hall–Kier alpha value is -1.54. The minimum atomic E-state index is 0.536. The molecule has 0 atom stereocenters. The predicted octanol–water partition coefficient (Wildman–Crippen LogP) is 0.0657. The highest BCUT2D eigenvalue weighted by atomic mass is 15.3. The number of nitrogens with zero attached hydrogens (tertiary/aromatic N) is 5. The van der Waals surface area contributed by atoms with Crippen molar-refractivity contribution in [1.29, 1.82) is 5.26 Å². The van der Waals surface area contributed by atoms with Gasteiger partial charge in [0.25, 0.3) is 0 Å². The molecule has 2 rings (SSSR count). The van der Waals surface area contributed by atoms with Crippen molar-refractivity contribution in [2.75, 3.05) is 37.6 Å². The zero-order chi connectivity index (χ0) is 10.7. The molecular formula is C10H15N5. The molecule has 0 unspecified atom stereocenters. The first-order valence-corrected chi connectivity index (χ1v) is 5.13. The lowest BCUT2D eigenvalue weighted by molar-refractivity contribution is 0.285. The second kappa shape index (κ2) is 4.32. The summed E-state index contributed by atoms with van der Waals surface area (Å²) in [6, 6.07) is 2.18. The van der Waals surface area contributed by atoms with Crippen LogP contribution in [0, 0.1) is 11.3 Å². The maximum atomic E-state index is 8.59. The number of aromatic nitrogens is 2. The smallest absolute Gasteiger partial charge is 0.205 e. The highest BCUT2D eigenvalue weighted by Gasteiger charge is 2.18. The molecule has 80 valence electrons. The molecule has 2 heterocycles. The first-order valence-electron chi connectivity index (χ1n) is 5.13. The van der Waals surface area contributed by atoms with Gasteiger partial charge in [-0.25, -0.2) is 4.98 Å². The van der Waals surface area contributed by atoms with E-state index >= 15 is 0 Å². The highest BCUT2D eigenvalue weighted by Crippen LogP contribution is 2.12. The van der Waals surface area contributed by atoms with E-state index < -0.39 is 0 Å². The molecule has 1 aromatic rings. The molecule has 0 aliphatic carbocycles. The summed E-state index contributed by atoms with van der Waals surface area (Å²) in [7, 11) is 2.00. The standard InChI is InChI=1S/C10H15N5/c1-13-5-3-12-10(13)15-8-6-14(4-2-11)7-9-15/h3,5H,4,6-9H2,1H3. The van der Waals surface area contributed by atoms with E-state index in [0.717, 1.165) is 32.1 Å². The molecule has 15 heavy (non-hydrogen) atoms. The number of anilines is 1. The SMILES string of the molecule is Cn1ccnc1N1CCN(CC#N)CC1. The summed E-state index contributed by atoms with van der Waals surface area (Å²) in [6.45, 7) is 4.33. The first-order chi connectivity index (χ1) is 7.31. The Bertz CT molecular complexity index is 356. The van der Waals surface area contributed by atoms with Gasteiger partial charge >= 0.3 is 0 Å². The van der Waals surface area contributed by atoms with Gasteiger partial charge in [-0.05, 0) is 0 Å². The zero-order valence-corrected chi connectivity index (χ0v) is 8.93. The van der Waals surface area contributed by atoms with E-state index in [-0.39, 0.29) is 0 Å². The van der Waals surface area contributed by atoms with Crippen molar-refractivity contribution in [3.8, 4) is 6.07 Å². The largest absolute Gasteiger partial charge is 0.340 e. The van der Waals surface area contributed by atoms with Crippen LogP contribution in [0.5, 0.6) is 0 Å². The maximum absolute atomic E-state index is 8.59. The Kier molecular flexibility index (Phi) is 2.88. The van der Waals surface area contributed by atoms with Gasteiger partial charge in [-0.2, -0.15) is 5.26 Å². The van der Waals surface area contributed by atoms with Crippen molar-refractivity contribution in [3.63, 3.8) is 0 Å². The topological polar surface area (TPSA) is 48.1 Å². The fourth-order valence-electron chi connectivity index (χ4n) is 1.87. The minimum Gasteiger partial charge on any atom is -0.340 e. The average Bonchev–Trinajstić information content (AvgIpc) is 2.66. The normalized spacial score (nSPS) is 17.7. The zero-order valence-electron chi connectivity index (χ0n) is 8.93. The average molecular weight is 205 g/mol. The second-order valence-corrected chi connectivity index (χ2v) is 3.76. The highest BCUT2D eigenvalue weighted by molar-refractivity contribution is 5.31. The van der Waals surface area contributed by atoms with Crippen LogP contribution in [0.25, 0.3) is 0 Å². The fourth-order valence-corrected chi connectivity index (χ4v) is 1.87. The fraction of sp³-hybridized carbons (Fsp3) is 0.600. The van der Waals surface area contributed by atoms with Crippen LogP contribution in [0.15, 0.2) is 12.4 Å². The lowest BCUT2D eigenvalue weighted by atomic mass is 10.3. The van der Waals surface area contributed by atoms with E-state index in [1.165, 1.54) is 0 Å². The Morgan fingerprint density at radius 1 is 1.40 bits per heavy atom. The van der Waals surface area contributed by atoms with E-state index in [1.807, 2.05) is 24.0 Å². The lowest BCUT2D eigenvalue weighted by Crippen LogP contribution is -2.47. The first kappa shape index (κ1) is 9.99. The third kappa shape index (κ3) is 2.10. The van der Waals surface area contributed by atoms with Crippen LogP contribution < -0.4 is 4.90 Å². The molecule has 1 saturated heterocycles. The van der Waals surface area contributed by atoms with Gasteiger partial charge in [-0.15, -0.1) is 0 Å². The van der Waals surface area contributed by atoms with Gasteiger partial charge in [0.15, 0.2) is 0 Å². The molecule has 0 amide bonds. The van der Waals surface area contributed by atoms with Crippen LogP contribution in [0.1, 0.15) is 0 Å². The quantitative estimate of drug-likeness (QED) is 0.641. The van der Waals surface area contributed by atoms with Gasteiger partial charge in [-0.3, -0.25) is 4.90 Å². The van der Waals surface area contributed by atoms with Crippen LogP contribution in [0.4, 0.5) is 5.95 Å².